The highest BCUT2D eigenvalue weighted by molar-refractivity contribution is 7.15. The number of aromatic nitrogens is 1. The lowest BCUT2D eigenvalue weighted by Gasteiger charge is -2.34. The molecule has 1 atom stereocenters. The molecule has 0 radical (unpaired) electrons. The number of thiazole rings is 1. The Labute approximate surface area is 133 Å². The van der Waals surface area contributed by atoms with Crippen molar-refractivity contribution in [3.8, 4) is 10.6 Å². The van der Waals surface area contributed by atoms with Crippen molar-refractivity contribution in [1.82, 2.24) is 10.3 Å². The van der Waals surface area contributed by atoms with E-state index < -0.39 is 5.82 Å². The predicted octanol–water partition coefficient (Wildman–Crippen LogP) is 4.84. The van der Waals surface area contributed by atoms with Crippen LogP contribution in [0.2, 0.25) is 5.02 Å². The van der Waals surface area contributed by atoms with E-state index in [0.29, 0.717) is 6.04 Å². The molecule has 1 heterocycles. The topological polar surface area (TPSA) is 24.9 Å². The van der Waals surface area contributed by atoms with Crippen molar-refractivity contribution in [1.29, 1.82) is 0 Å². The molecule has 0 amide bonds. The summed E-state index contributed by atoms with van der Waals surface area (Å²) in [6.07, 6.45) is 2.06. The van der Waals surface area contributed by atoms with Gasteiger partial charge in [0.1, 0.15) is 10.8 Å². The molecule has 21 heavy (non-hydrogen) atoms. The average Bonchev–Trinajstić information content (AvgIpc) is 2.83. The number of hydrogen-bond donors (Lipinski definition) is 1. The van der Waals surface area contributed by atoms with Crippen LogP contribution in [0.4, 0.5) is 4.39 Å². The minimum atomic E-state index is -0.396. The summed E-state index contributed by atoms with van der Waals surface area (Å²) in [6.45, 7) is 4.53. The van der Waals surface area contributed by atoms with Gasteiger partial charge in [-0.05, 0) is 37.4 Å². The molecule has 0 fully saturated rings. The zero-order valence-corrected chi connectivity index (χ0v) is 13.9. The van der Waals surface area contributed by atoms with Gasteiger partial charge in [-0.15, -0.1) is 11.3 Å². The maximum absolute atomic E-state index is 13.6. The SMILES string of the molecule is CNC1CC(C)(C)Cc2nc(-c3ccc(Cl)c(F)c3)sc21. The highest BCUT2D eigenvalue weighted by Gasteiger charge is 2.34. The molecule has 112 valence electrons. The van der Waals surface area contributed by atoms with E-state index in [1.807, 2.05) is 13.1 Å². The molecular formula is C16H18ClFN2S. The highest BCUT2D eigenvalue weighted by Crippen LogP contribution is 2.44. The standard InChI is InChI=1S/C16H18ClFN2S/c1-16(2)7-12(19-3)14-13(8-16)20-15(21-14)9-4-5-10(17)11(18)6-9/h4-6,12,19H,7-8H2,1-3H3. The number of rotatable bonds is 2. The number of benzene rings is 1. The maximum Gasteiger partial charge on any atom is 0.142 e. The summed E-state index contributed by atoms with van der Waals surface area (Å²) < 4.78 is 13.6. The van der Waals surface area contributed by atoms with Gasteiger partial charge in [-0.25, -0.2) is 9.37 Å². The third-order valence-electron chi connectivity index (χ3n) is 3.96. The quantitative estimate of drug-likeness (QED) is 0.855. The van der Waals surface area contributed by atoms with Gasteiger partial charge in [0.2, 0.25) is 0 Å². The fourth-order valence-electron chi connectivity index (χ4n) is 2.92. The van der Waals surface area contributed by atoms with Crippen molar-refractivity contribution in [2.24, 2.45) is 5.41 Å². The van der Waals surface area contributed by atoms with E-state index in [1.54, 1.807) is 17.4 Å². The number of halogens is 2. The lowest BCUT2D eigenvalue weighted by atomic mass is 9.76. The fourth-order valence-corrected chi connectivity index (χ4v) is 4.22. The summed E-state index contributed by atoms with van der Waals surface area (Å²) in [6, 6.07) is 5.21. The van der Waals surface area contributed by atoms with Gasteiger partial charge in [-0.1, -0.05) is 31.5 Å². The van der Waals surface area contributed by atoms with Crippen molar-refractivity contribution in [2.45, 2.75) is 32.7 Å². The molecule has 1 aromatic carbocycles. The molecule has 0 saturated carbocycles. The Kier molecular flexibility index (Phi) is 3.80. The Morgan fingerprint density at radius 1 is 1.43 bits per heavy atom. The summed E-state index contributed by atoms with van der Waals surface area (Å²) >= 11 is 7.40. The zero-order chi connectivity index (χ0) is 15.2. The first-order valence-corrected chi connectivity index (χ1v) is 8.21. The molecule has 2 nitrogen and oxygen atoms in total. The molecular weight excluding hydrogens is 307 g/mol. The molecule has 1 aromatic heterocycles. The molecule has 0 saturated heterocycles. The molecule has 1 unspecified atom stereocenters. The predicted molar refractivity (Wildman–Crippen MR) is 86.4 cm³/mol. The number of nitrogens with zero attached hydrogens (tertiary/aromatic N) is 1. The van der Waals surface area contributed by atoms with Crippen molar-refractivity contribution >= 4 is 22.9 Å². The summed E-state index contributed by atoms with van der Waals surface area (Å²) in [5.41, 5.74) is 2.17. The van der Waals surface area contributed by atoms with E-state index in [0.717, 1.165) is 29.1 Å². The first kappa shape index (κ1) is 14.9. The van der Waals surface area contributed by atoms with Gasteiger partial charge in [0, 0.05) is 16.5 Å². The minimum absolute atomic E-state index is 0.148. The van der Waals surface area contributed by atoms with E-state index >= 15 is 0 Å². The van der Waals surface area contributed by atoms with E-state index in [2.05, 4.69) is 19.2 Å². The van der Waals surface area contributed by atoms with E-state index in [1.165, 1.54) is 10.9 Å². The smallest absolute Gasteiger partial charge is 0.142 e. The minimum Gasteiger partial charge on any atom is -0.312 e. The lowest BCUT2D eigenvalue weighted by molar-refractivity contribution is 0.265. The molecule has 0 bridgehead atoms. The lowest BCUT2D eigenvalue weighted by Crippen LogP contribution is -2.30. The van der Waals surface area contributed by atoms with E-state index in [4.69, 9.17) is 16.6 Å². The van der Waals surface area contributed by atoms with Crippen LogP contribution in [0.3, 0.4) is 0 Å². The summed E-state index contributed by atoms with van der Waals surface area (Å²) in [5, 5.41) is 4.39. The second kappa shape index (κ2) is 5.34. The van der Waals surface area contributed by atoms with Crippen molar-refractivity contribution in [3.05, 3.63) is 39.6 Å². The molecule has 1 aliphatic carbocycles. The molecule has 3 rings (SSSR count). The Morgan fingerprint density at radius 3 is 2.86 bits per heavy atom. The first-order chi connectivity index (χ1) is 9.89. The molecule has 1 aliphatic rings. The molecule has 5 heteroatoms. The van der Waals surface area contributed by atoms with Crippen molar-refractivity contribution in [2.75, 3.05) is 7.05 Å². The van der Waals surface area contributed by atoms with Gasteiger partial charge >= 0.3 is 0 Å². The summed E-state index contributed by atoms with van der Waals surface area (Å²) in [4.78, 5) is 6.03. The Bertz CT molecular complexity index is 681. The largest absolute Gasteiger partial charge is 0.312 e. The molecule has 0 spiro atoms. The van der Waals surface area contributed by atoms with Crippen LogP contribution in [-0.2, 0) is 6.42 Å². The monoisotopic (exact) mass is 324 g/mol. The number of nitrogens with one attached hydrogen (secondary N) is 1. The molecule has 1 N–H and O–H groups in total. The highest BCUT2D eigenvalue weighted by atomic mass is 35.5. The van der Waals surface area contributed by atoms with Crippen LogP contribution < -0.4 is 5.32 Å². The van der Waals surface area contributed by atoms with Crippen LogP contribution in [0, 0.1) is 11.2 Å². The van der Waals surface area contributed by atoms with Crippen LogP contribution in [0.1, 0.15) is 36.9 Å². The Hall–Kier alpha value is -0.970. The third kappa shape index (κ3) is 2.85. The van der Waals surface area contributed by atoms with Crippen molar-refractivity contribution < 1.29 is 4.39 Å². The molecule has 0 aliphatic heterocycles. The van der Waals surface area contributed by atoms with Gasteiger partial charge < -0.3 is 5.32 Å². The normalized spacial score (nSPS) is 20.3. The van der Waals surface area contributed by atoms with E-state index in [-0.39, 0.29) is 10.4 Å². The summed E-state index contributed by atoms with van der Waals surface area (Å²) in [5.74, 6) is -0.396. The van der Waals surface area contributed by atoms with Crippen LogP contribution in [0.5, 0.6) is 0 Å². The number of fused-ring (bicyclic) bond motifs is 1. The van der Waals surface area contributed by atoms with Gasteiger partial charge in [-0.2, -0.15) is 0 Å². The third-order valence-corrected chi connectivity index (χ3v) is 5.53. The number of hydrogen-bond acceptors (Lipinski definition) is 3. The second-order valence-electron chi connectivity index (χ2n) is 6.35. The van der Waals surface area contributed by atoms with Gasteiger partial charge in [0.05, 0.1) is 10.7 Å². The second-order valence-corrected chi connectivity index (χ2v) is 7.78. The van der Waals surface area contributed by atoms with Crippen LogP contribution in [0.25, 0.3) is 10.6 Å². The first-order valence-electron chi connectivity index (χ1n) is 7.02. The van der Waals surface area contributed by atoms with Gasteiger partial charge in [0.25, 0.3) is 0 Å². The van der Waals surface area contributed by atoms with Crippen LogP contribution in [0.15, 0.2) is 18.2 Å². The van der Waals surface area contributed by atoms with Crippen LogP contribution in [-0.4, -0.2) is 12.0 Å². The van der Waals surface area contributed by atoms with Gasteiger partial charge in [0.15, 0.2) is 0 Å². The van der Waals surface area contributed by atoms with Gasteiger partial charge in [-0.3, -0.25) is 0 Å². The summed E-state index contributed by atoms with van der Waals surface area (Å²) in [7, 11) is 1.98. The average molecular weight is 325 g/mol. The van der Waals surface area contributed by atoms with Crippen molar-refractivity contribution in [3.63, 3.8) is 0 Å². The Balaban J connectivity index is 2.04. The van der Waals surface area contributed by atoms with Crippen LogP contribution >= 0.6 is 22.9 Å². The Morgan fingerprint density at radius 2 is 2.19 bits per heavy atom. The maximum atomic E-state index is 13.6. The fraction of sp³-hybridized carbons (Fsp3) is 0.438. The van der Waals surface area contributed by atoms with E-state index in [9.17, 15) is 4.39 Å². The molecule has 2 aromatic rings. The zero-order valence-electron chi connectivity index (χ0n) is 12.3.